The smallest absolute Gasteiger partial charge is 0.329 e. The van der Waals surface area contributed by atoms with Gasteiger partial charge in [-0.15, -0.1) is 0 Å². The van der Waals surface area contributed by atoms with Gasteiger partial charge in [-0.3, -0.25) is 15.0 Å². The predicted molar refractivity (Wildman–Crippen MR) is 131 cm³/mol. The van der Waals surface area contributed by atoms with Crippen LogP contribution in [0.5, 0.6) is 0 Å². The lowest BCUT2D eigenvalue weighted by Gasteiger charge is -2.28. The van der Waals surface area contributed by atoms with Crippen LogP contribution in [-0.2, 0) is 9.53 Å². The summed E-state index contributed by atoms with van der Waals surface area (Å²) in [6.45, 7) is 2.02. The van der Waals surface area contributed by atoms with E-state index >= 15 is 0 Å². The van der Waals surface area contributed by atoms with E-state index in [4.69, 9.17) is 16.3 Å². The van der Waals surface area contributed by atoms with E-state index in [9.17, 15) is 9.59 Å². The van der Waals surface area contributed by atoms with Crippen LogP contribution in [0, 0.1) is 6.92 Å². The summed E-state index contributed by atoms with van der Waals surface area (Å²) < 4.78 is 6.56. The molecule has 5 nitrogen and oxygen atoms in total. The van der Waals surface area contributed by atoms with Crippen molar-refractivity contribution in [3.8, 4) is 0 Å². The van der Waals surface area contributed by atoms with E-state index in [1.165, 1.54) is 11.3 Å². The quantitative estimate of drug-likeness (QED) is 0.309. The van der Waals surface area contributed by atoms with Gasteiger partial charge < -0.3 is 4.74 Å². The van der Waals surface area contributed by atoms with Gasteiger partial charge in [-0.05, 0) is 80.0 Å². The molecule has 0 atom stereocenters. The van der Waals surface area contributed by atoms with E-state index in [1.807, 2.05) is 31.2 Å². The molecule has 2 aromatic rings. The molecule has 3 aliphatic rings. The number of hydrogen-bond donors (Lipinski definition) is 1. The first-order valence-corrected chi connectivity index (χ1v) is 12.6. The van der Waals surface area contributed by atoms with Crippen LogP contribution in [0.2, 0.25) is 5.02 Å². The zero-order valence-corrected chi connectivity index (χ0v) is 19.9. The fourth-order valence-electron chi connectivity index (χ4n) is 5.49. The average molecular weight is 467 g/mol. The first-order valence-electron chi connectivity index (χ1n) is 12.3. The van der Waals surface area contributed by atoms with Gasteiger partial charge in [0.05, 0.1) is 6.10 Å². The first kappa shape index (κ1) is 22.3. The monoisotopic (exact) mass is 466 g/mol. The molecule has 0 spiro atoms. The standard InChI is InChI=1S/C27H31ClN2O3/c1-17-14-18-12-13-20(28)15-19(18)16-23(17)25(33-22-10-6-3-7-11-22)24-26(31)30(27(32)29-24)21-8-4-2-5-9-21/h12-16,21-22H,2-11H2,1H3,(H,29,32)/b25-24+. The summed E-state index contributed by atoms with van der Waals surface area (Å²) in [6.07, 6.45) is 10.4. The van der Waals surface area contributed by atoms with E-state index in [1.54, 1.807) is 0 Å². The summed E-state index contributed by atoms with van der Waals surface area (Å²) in [5.41, 5.74) is 2.12. The van der Waals surface area contributed by atoms with Gasteiger partial charge in [-0.1, -0.05) is 49.4 Å². The number of benzene rings is 2. The molecule has 0 unspecified atom stereocenters. The molecule has 0 aromatic heterocycles. The summed E-state index contributed by atoms with van der Waals surface area (Å²) in [4.78, 5) is 28.0. The lowest BCUT2D eigenvalue weighted by atomic mass is 9.94. The maximum Gasteiger partial charge on any atom is 0.329 e. The molecule has 2 saturated carbocycles. The lowest BCUT2D eigenvalue weighted by molar-refractivity contribution is -0.125. The number of nitrogens with one attached hydrogen (secondary N) is 1. The number of imide groups is 1. The van der Waals surface area contributed by atoms with Gasteiger partial charge >= 0.3 is 6.03 Å². The van der Waals surface area contributed by atoms with Crippen molar-refractivity contribution in [2.45, 2.75) is 83.3 Å². The number of fused-ring (bicyclic) bond motifs is 1. The van der Waals surface area contributed by atoms with Gasteiger partial charge in [0, 0.05) is 16.6 Å². The van der Waals surface area contributed by atoms with E-state index in [-0.39, 0.29) is 29.8 Å². The highest BCUT2D eigenvalue weighted by molar-refractivity contribution is 6.31. The highest BCUT2D eigenvalue weighted by atomic mass is 35.5. The van der Waals surface area contributed by atoms with E-state index in [0.717, 1.165) is 79.7 Å². The second-order valence-electron chi connectivity index (χ2n) is 9.64. The molecule has 2 aliphatic carbocycles. The van der Waals surface area contributed by atoms with Crippen LogP contribution in [0.4, 0.5) is 4.79 Å². The summed E-state index contributed by atoms with van der Waals surface area (Å²) in [5, 5.41) is 5.61. The number of ether oxygens (including phenoxy) is 1. The Balaban J connectivity index is 1.59. The van der Waals surface area contributed by atoms with E-state index < -0.39 is 0 Å². The van der Waals surface area contributed by atoms with Crippen LogP contribution in [0.1, 0.15) is 75.3 Å². The normalized spacial score (nSPS) is 22.1. The fourth-order valence-corrected chi connectivity index (χ4v) is 5.67. The van der Waals surface area contributed by atoms with Crippen molar-refractivity contribution >= 4 is 40.1 Å². The van der Waals surface area contributed by atoms with Crippen LogP contribution in [-0.4, -0.2) is 29.0 Å². The Kier molecular flexibility index (Phi) is 6.33. The maximum absolute atomic E-state index is 13.6. The number of rotatable bonds is 4. The Morgan fingerprint density at radius 2 is 1.64 bits per heavy atom. The van der Waals surface area contributed by atoms with Gasteiger partial charge in [0.25, 0.3) is 5.91 Å². The molecule has 1 N–H and O–H groups in total. The van der Waals surface area contributed by atoms with Crippen molar-refractivity contribution in [2.24, 2.45) is 0 Å². The SMILES string of the molecule is Cc1cc2ccc(Cl)cc2cc1/C(OC1CCCCC1)=C1\NC(=O)N(C2CCCCC2)C1=O. The van der Waals surface area contributed by atoms with Crippen LogP contribution >= 0.6 is 11.6 Å². The van der Waals surface area contributed by atoms with Crippen molar-refractivity contribution in [1.82, 2.24) is 10.2 Å². The number of amides is 3. The lowest BCUT2D eigenvalue weighted by Crippen LogP contribution is -2.41. The first-order chi connectivity index (χ1) is 16.0. The Labute approximate surface area is 200 Å². The number of urea groups is 1. The van der Waals surface area contributed by atoms with Gasteiger partial charge in [0.1, 0.15) is 0 Å². The summed E-state index contributed by atoms with van der Waals surface area (Å²) in [6, 6.07) is 9.56. The summed E-state index contributed by atoms with van der Waals surface area (Å²) >= 11 is 6.26. The van der Waals surface area contributed by atoms with Crippen molar-refractivity contribution < 1.29 is 14.3 Å². The minimum atomic E-state index is -0.326. The Morgan fingerprint density at radius 1 is 0.939 bits per heavy atom. The number of carbonyl (C=O) groups is 2. The highest BCUT2D eigenvalue weighted by Gasteiger charge is 2.42. The zero-order chi connectivity index (χ0) is 22.9. The summed E-state index contributed by atoms with van der Waals surface area (Å²) in [7, 11) is 0. The van der Waals surface area contributed by atoms with E-state index in [0.29, 0.717) is 10.8 Å². The van der Waals surface area contributed by atoms with Crippen LogP contribution in [0.15, 0.2) is 36.0 Å². The van der Waals surface area contributed by atoms with Gasteiger partial charge in [-0.25, -0.2) is 4.79 Å². The third-order valence-electron chi connectivity index (χ3n) is 7.28. The number of aryl methyl sites for hydroxylation is 1. The molecule has 0 bridgehead atoms. The van der Waals surface area contributed by atoms with E-state index in [2.05, 4.69) is 11.4 Å². The molecule has 1 aliphatic heterocycles. The number of nitrogens with zero attached hydrogens (tertiary/aromatic N) is 1. The third kappa shape index (κ3) is 4.48. The van der Waals surface area contributed by atoms with Crippen molar-refractivity contribution in [3.05, 3.63) is 52.2 Å². The topological polar surface area (TPSA) is 58.6 Å². The predicted octanol–water partition coefficient (Wildman–Crippen LogP) is 6.70. The molecule has 33 heavy (non-hydrogen) atoms. The number of halogens is 1. The second-order valence-corrected chi connectivity index (χ2v) is 10.1. The minimum Gasteiger partial charge on any atom is -0.487 e. The third-order valence-corrected chi connectivity index (χ3v) is 7.51. The van der Waals surface area contributed by atoms with Crippen LogP contribution in [0.3, 0.4) is 0 Å². The number of carbonyl (C=O) groups excluding carboxylic acids is 2. The molecule has 174 valence electrons. The molecule has 0 radical (unpaired) electrons. The average Bonchev–Trinajstić information content (AvgIpc) is 3.12. The molecule has 3 amide bonds. The van der Waals surface area contributed by atoms with Crippen LogP contribution in [0.25, 0.3) is 16.5 Å². The highest BCUT2D eigenvalue weighted by Crippen LogP contribution is 2.35. The van der Waals surface area contributed by atoms with Gasteiger partial charge in [0.2, 0.25) is 0 Å². The molecule has 1 heterocycles. The largest absolute Gasteiger partial charge is 0.487 e. The minimum absolute atomic E-state index is 0.0313. The Hall–Kier alpha value is -2.53. The molecular weight excluding hydrogens is 436 g/mol. The Bertz CT molecular complexity index is 1110. The Morgan fingerprint density at radius 3 is 2.36 bits per heavy atom. The van der Waals surface area contributed by atoms with Crippen molar-refractivity contribution in [2.75, 3.05) is 0 Å². The van der Waals surface area contributed by atoms with Crippen molar-refractivity contribution in [1.29, 1.82) is 0 Å². The molecule has 6 heteroatoms. The molecule has 3 fully saturated rings. The second kappa shape index (κ2) is 9.38. The molecule has 5 rings (SSSR count). The summed E-state index contributed by atoms with van der Waals surface area (Å²) in [5.74, 6) is 0.237. The van der Waals surface area contributed by atoms with Crippen molar-refractivity contribution in [3.63, 3.8) is 0 Å². The zero-order valence-electron chi connectivity index (χ0n) is 19.2. The van der Waals surface area contributed by atoms with Gasteiger partial charge in [0.15, 0.2) is 11.5 Å². The molecular formula is C27H31ClN2O3. The fraction of sp³-hybridized carbons (Fsp3) is 0.481. The molecule has 1 saturated heterocycles. The van der Waals surface area contributed by atoms with Gasteiger partial charge in [-0.2, -0.15) is 0 Å². The molecule has 2 aromatic carbocycles. The number of hydrogen-bond acceptors (Lipinski definition) is 3. The maximum atomic E-state index is 13.6. The van der Waals surface area contributed by atoms with Crippen LogP contribution < -0.4 is 5.32 Å².